The number of phosphoric ester groups is 1. The Morgan fingerprint density at radius 1 is 0.816 bits per heavy atom. The molecule has 0 radical (unpaired) electrons. The third-order valence-corrected chi connectivity index (χ3v) is 6.50. The van der Waals surface area contributed by atoms with Crippen LogP contribution in [0.5, 0.6) is 0 Å². The number of nitrogens with zero attached hydrogens (tertiary/aromatic N) is 1. The van der Waals surface area contributed by atoms with Crippen molar-refractivity contribution in [3.8, 4) is 0 Å². The van der Waals surface area contributed by atoms with Crippen molar-refractivity contribution < 1.29 is 42.1 Å². The molecule has 2 aromatic rings. The molecule has 0 bridgehead atoms. The SMILES string of the molecule is C[N+](C)(C)CCOP(=O)([O-])OCC(COC(=O)CCCc1ccccc1)OC(=O)CCCc1ccccc1. The molecule has 210 valence electrons. The van der Waals surface area contributed by atoms with Crippen LogP contribution in [0.3, 0.4) is 0 Å². The highest BCUT2D eigenvalue weighted by atomic mass is 31.2. The van der Waals surface area contributed by atoms with Crippen LogP contribution in [0.15, 0.2) is 60.7 Å². The molecule has 38 heavy (non-hydrogen) atoms. The normalized spacial score (nSPS) is 13.9. The molecule has 2 rings (SSSR count). The van der Waals surface area contributed by atoms with Gasteiger partial charge in [0.15, 0.2) is 6.10 Å². The maximum Gasteiger partial charge on any atom is 0.306 e. The summed E-state index contributed by atoms with van der Waals surface area (Å²) in [5.41, 5.74) is 2.22. The summed E-state index contributed by atoms with van der Waals surface area (Å²) in [4.78, 5) is 36.8. The summed E-state index contributed by atoms with van der Waals surface area (Å²) in [6.45, 7) is -0.416. The number of carbonyl (C=O) groups is 2. The van der Waals surface area contributed by atoms with Gasteiger partial charge in [-0.05, 0) is 36.8 Å². The monoisotopic (exact) mass is 549 g/mol. The molecule has 0 N–H and O–H groups in total. The molecule has 0 spiro atoms. The van der Waals surface area contributed by atoms with Gasteiger partial charge in [-0.3, -0.25) is 14.2 Å². The Morgan fingerprint density at radius 2 is 1.34 bits per heavy atom. The van der Waals surface area contributed by atoms with Crippen LogP contribution in [0.2, 0.25) is 0 Å². The van der Waals surface area contributed by atoms with E-state index in [2.05, 4.69) is 0 Å². The van der Waals surface area contributed by atoms with Crippen molar-refractivity contribution in [1.29, 1.82) is 0 Å². The minimum absolute atomic E-state index is 0.0510. The molecule has 10 heteroatoms. The molecule has 2 unspecified atom stereocenters. The second-order valence-corrected chi connectivity index (χ2v) is 11.5. The lowest BCUT2D eigenvalue weighted by Crippen LogP contribution is -2.37. The lowest BCUT2D eigenvalue weighted by atomic mass is 10.1. The van der Waals surface area contributed by atoms with E-state index in [1.165, 1.54) is 0 Å². The minimum atomic E-state index is -4.63. The van der Waals surface area contributed by atoms with Gasteiger partial charge in [-0.25, -0.2) is 0 Å². The summed E-state index contributed by atoms with van der Waals surface area (Å²) in [6.07, 6.45) is 1.81. The fourth-order valence-corrected chi connectivity index (χ4v) is 4.15. The van der Waals surface area contributed by atoms with Gasteiger partial charge in [0, 0.05) is 12.8 Å². The van der Waals surface area contributed by atoms with Gasteiger partial charge < -0.3 is 27.9 Å². The van der Waals surface area contributed by atoms with Crippen molar-refractivity contribution in [2.24, 2.45) is 0 Å². The van der Waals surface area contributed by atoms with Gasteiger partial charge >= 0.3 is 11.9 Å². The van der Waals surface area contributed by atoms with Gasteiger partial charge in [0.1, 0.15) is 19.8 Å². The zero-order chi connectivity index (χ0) is 27.9. The molecule has 0 fully saturated rings. The molecule has 2 aromatic carbocycles. The van der Waals surface area contributed by atoms with Crippen LogP contribution in [0.1, 0.15) is 36.8 Å². The number of rotatable bonds is 18. The van der Waals surface area contributed by atoms with Crippen molar-refractivity contribution in [2.75, 3.05) is 47.5 Å². The zero-order valence-corrected chi connectivity index (χ0v) is 23.5. The van der Waals surface area contributed by atoms with Crippen LogP contribution in [0, 0.1) is 0 Å². The lowest BCUT2D eigenvalue weighted by molar-refractivity contribution is -0.870. The summed E-state index contributed by atoms with van der Waals surface area (Å²) in [5.74, 6) is -0.989. The van der Waals surface area contributed by atoms with Gasteiger partial charge in [-0.1, -0.05) is 60.7 Å². The maximum atomic E-state index is 12.4. The number of aryl methyl sites for hydroxylation is 2. The molecular weight excluding hydrogens is 509 g/mol. The van der Waals surface area contributed by atoms with E-state index in [4.69, 9.17) is 18.5 Å². The van der Waals surface area contributed by atoms with E-state index in [9.17, 15) is 19.0 Å². The first-order chi connectivity index (χ1) is 18.0. The summed E-state index contributed by atoms with van der Waals surface area (Å²) in [7, 11) is 1.08. The van der Waals surface area contributed by atoms with E-state index in [1.54, 1.807) is 0 Å². The van der Waals surface area contributed by atoms with Crippen molar-refractivity contribution >= 4 is 19.8 Å². The van der Waals surface area contributed by atoms with Crippen LogP contribution < -0.4 is 4.89 Å². The largest absolute Gasteiger partial charge is 0.756 e. The Morgan fingerprint density at radius 3 is 1.87 bits per heavy atom. The van der Waals surface area contributed by atoms with E-state index in [1.807, 2.05) is 81.8 Å². The second-order valence-electron chi connectivity index (χ2n) is 10.1. The van der Waals surface area contributed by atoms with Crippen molar-refractivity contribution in [3.63, 3.8) is 0 Å². The molecule has 0 aliphatic heterocycles. The first kappa shape index (κ1) is 31.7. The van der Waals surface area contributed by atoms with Crippen molar-refractivity contribution in [3.05, 3.63) is 71.8 Å². The second kappa shape index (κ2) is 16.4. The molecule has 0 saturated carbocycles. The molecule has 0 saturated heterocycles. The van der Waals surface area contributed by atoms with Crippen LogP contribution in [-0.2, 0) is 45.5 Å². The highest BCUT2D eigenvalue weighted by molar-refractivity contribution is 7.45. The molecule has 9 nitrogen and oxygen atoms in total. The molecule has 0 amide bonds. The Hall–Kier alpha value is -2.55. The number of benzene rings is 2. The average Bonchev–Trinajstić information content (AvgIpc) is 2.86. The van der Waals surface area contributed by atoms with Crippen LogP contribution in [-0.4, -0.2) is 70.0 Å². The number of carbonyl (C=O) groups excluding carboxylic acids is 2. The predicted molar refractivity (Wildman–Crippen MR) is 142 cm³/mol. The molecule has 0 aromatic heterocycles. The van der Waals surface area contributed by atoms with Crippen molar-refractivity contribution in [1.82, 2.24) is 0 Å². The molecule has 0 aliphatic carbocycles. The first-order valence-corrected chi connectivity index (χ1v) is 14.3. The van der Waals surface area contributed by atoms with E-state index >= 15 is 0 Å². The quantitative estimate of drug-likeness (QED) is 0.157. The lowest BCUT2D eigenvalue weighted by Gasteiger charge is -2.28. The van der Waals surface area contributed by atoms with Crippen LogP contribution in [0.25, 0.3) is 0 Å². The maximum absolute atomic E-state index is 12.4. The summed E-state index contributed by atoms with van der Waals surface area (Å²) in [6, 6.07) is 19.5. The molecule has 2 atom stereocenters. The van der Waals surface area contributed by atoms with Gasteiger partial charge in [-0.2, -0.15) is 0 Å². The third-order valence-electron chi connectivity index (χ3n) is 5.54. The number of esters is 2. The minimum Gasteiger partial charge on any atom is -0.756 e. The summed E-state index contributed by atoms with van der Waals surface area (Å²) >= 11 is 0. The van der Waals surface area contributed by atoms with Gasteiger partial charge in [0.2, 0.25) is 0 Å². The Kier molecular flexibility index (Phi) is 13.7. The Labute approximate surface area is 225 Å². The number of ether oxygens (including phenoxy) is 2. The van der Waals surface area contributed by atoms with Crippen LogP contribution in [0.4, 0.5) is 0 Å². The smallest absolute Gasteiger partial charge is 0.306 e. The highest BCUT2D eigenvalue weighted by Crippen LogP contribution is 2.38. The van der Waals surface area contributed by atoms with E-state index in [0.717, 1.165) is 17.5 Å². The van der Waals surface area contributed by atoms with E-state index < -0.39 is 32.5 Å². The number of hydrogen-bond acceptors (Lipinski definition) is 8. The van der Waals surface area contributed by atoms with E-state index in [-0.39, 0.29) is 26.1 Å². The topological polar surface area (TPSA) is 111 Å². The van der Waals surface area contributed by atoms with E-state index in [0.29, 0.717) is 30.3 Å². The van der Waals surface area contributed by atoms with Crippen molar-refractivity contribution in [2.45, 2.75) is 44.6 Å². The number of hydrogen-bond donors (Lipinski definition) is 0. The summed E-state index contributed by atoms with van der Waals surface area (Å²) < 4.78 is 33.2. The predicted octanol–water partition coefficient (Wildman–Crippen LogP) is 3.70. The zero-order valence-electron chi connectivity index (χ0n) is 22.6. The standard InChI is InChI=1S/C28H40NO8P/c1-29(2,3)20-21-35-38(32,33)36-23-26(37-28(31)19-11-17-25-14-8-5-9-15-25)22-34-27(30)18-10-16-24-12-6-4-7-13-24/h4-9,12-15,26H,10-11,16-23H2,1-3H3. The number of likely N-dealkylation sites (N-methyl/N-ethyl adjacent to an activating group) is 1. The average molecular weight is 550 g/mol. The number of quaternary nitrogens is 1. The molecule has 0 heterocycles. The first-order valence-electron chi connectivity index (χ1n) is 12.9. The molecular formula is C28H40NO8P. The van der Waals surface area contributed by atoms with Crippen LogP contribution >= 0.6 is 7.82 Å². The molecule has 0 aliphatic rings. The fraction of sp³-hybridized carbons (Fsp3) is 0.500. The number of phosphoric acid groups is 1. The Bertz CT molecular complexity index is 1010. The highest BCUT2D eigenvalue weighted by Gasteiger charge is 2.21. The fourth-order valence-electron chi connectivity index (χ4n) is 3.42. The Balaban J connectivity index is 1.83. The summed E-state index contributed by atoms with van der Waals surface area (Å²) in [5, 5.41) is 0. The van der Waals surface area contributed by atoms with Gasteiger partial charge in [-0.15, -0.1) is 0 Å². The van der Waals surface area contributed by atoms with Gasteiger partial charge in [0.25, 0.3) is 7.82 Å². The third kappa shape index (κ3) is 15.0. The van der Waals surface area contributed by atoms with Gasteiger partial charge in [0.05, 0.1) is 27.7 Å².